The molecule has 1 N–H and O–H groups in total. The van der Waals surface area contributed by atoms with E-state index in [4.69, 9.17) is 8.83 Å². The Morgan fingerprint density at radius 3 is 1.43 bits per heavy atom. The number of nitrogens with one attached hydrogen (secondary N) is 1. The molecule has 0 spiro atoms. The largest absolute Gasteiger partial charge is 0.464 e. The van der Waals surface area contributed by atoms with Crippen LogP contribution in [0.2, 0.25) is 0 Å². The van der Waals surface area contributed by atoms with Crippen molar-refractivity contribution in [2.24, 2.45) is 0 Å². The van der Waals surface area contributed by atoms with Gasteiger partial charge in [0.05, 0.1) is 18.6 Å². The third-order valence-electron chi connectivity index (χ3n) is 8.19. The van der Waals surface area contributed by atoms with Crippen LogP contribution >= 0.6 is 12.4 Å². The van der Waals surface area contributed by atoms with Crippen molar-refractivity contribution in [2.45, 2.75) is 46.6 Å². The summed E-state index contributed by atoms with van der Waals surface area (Å²) >= 11 is 0. The molecule has 232 valence electrons. The maximum Gasteiger partial charge on any atom is 0.134 e. The van der Waals surface area contributed by atoms with Gasteiger partial charge >= 0.3 is 0 Å². The molecule has 0 unspecified atom stereocenters. The van der Waals surface area contributed by atoms with Gasteiger partial charge in [-0.3, -0.25) is 4.90 Å². The van der Waals surface area contributed by atoms with Gasteiger partial charge in [-0.25, -0.2) is 0 Å². The molecule has 44 heavy (non-hydrogen) atoms. The summed E-state index contributed by atoms with van der Waals surface area (Å²) < 4.78 is 11.2. The second kappa shape index (κ2) is 16.3. The number of hydrogen-bond acceptors (Lipinski definition) is 4. The fraction of sp³-hybridized carbons (Fsp3) is 0.282. The zero-order valence-corrected chi connectivity index (χ0v) is 25.1. The van der Waals surface area contributed by atoms with E-state index in [9.17, 15) is 0 Å². The summed E-state index contributed by atoms with van der Waals surface area (Å²) in [6.45, 7) is 8.28. The Morgan fingerprint density at radius 2 is 1.00 bits per heavy atom. The minimum atomic E-state index is 0. The summed E-state index contributed by atoms with van der Waals surface area (Å²) in [5.74, 6) is 1.19. The quantitative estimate of drug-likeness (QED) is 0.211. The normalized spacial score (nSPS) is 14.4. The Bertz CT molecular complexity index is 1630. The fourth-order valence-corrected chi connectivity index (χ4v) is 5.94. The highest BCUT2D eigenvalue weighted by Crippen LogP contribution is 2.40. The van der Waals surface area contributed by atoms with Gasteiger partial charge in [-0.2, -0.15) is 0 Å². The predicted molar refractivity (Wildman–Crippen MR) is 189 cm³/mol. The van der Waals surface area contributed by atoms with Crippen LogP contribution in [0.25, 0.3) is 21.9 Å². The lowest BCUT2D eigenvalue weighted by Gasteiger charge is -2.44. The van der Waals surface area contributed by atoms with Crippen LogP contribution in [-0.4, -0.2) is 31.1 Å². The van der Waals surface area contributed by atoms with Crippen LogP contribution < -0.4 is 5.32 Å². The maximum absolute atomic E-state index is 5.75. The van der Waals surface area contributed by atoms with Crippen LogP contribution in [0.4, 0.5) is 0 Å². The number of hydrogen-bond donors (Lipinski definition) is 1. The van der Waals surface area contributed by atoms with Crippen LogP contribution in [-0.2, 0) is 0 Å². The first kappa shape index (κ1) is 34.7. The first-order chi connectivity index (χ1) is 20.3. The van der Waals surface area contributed by atoms with Gasteiger partial charge in [0.25, 0.3) is 0 Å². The number of nitrogens with zero attached hydrogens (tertiary/aromatic N) is 1. The van der Waals surface area contributed by atoms with Crippen LogP contribution in [0.15, 0.2) is 131 Å². The molecule has 2 aliphatic heterocycles. The van der Waals surface area contributed by atoms with Gasteiger partial charge in [-0.05, 0) is 23.3 Å². The lowest BCUT2D eigenvalue weighted by Crippen LogP contribution is -2.47. The van der Waals surface area contributed by atoms with Gasteiger partial charge in [0.1, 0.15) is 11.2 Å². The highest BCUT2D eigenvalue weighted by Gasteiger charge is 2.36. The molecule has 4 heterocycles. The molecule has 2 fully saturated rings. The lowest BCUT2D eigenvalue weighted by molar-refractivity contribution is 0.111. The summed E-state index contributed by atoms with van der Waals surface area (Å²) in [7, 11) is 0. The summed E-state index contributed by atoms with van der Waals surface area (Å²) in [5.41, 5.74) is 7.41. The number of para-hydroxylation sites is 2. The molecule has 5 heteroatoms. The molecule has 0 bridgehead atoms. The first-order valence-corrected chi connectivity index (χ1v) is 14.8. The van der Waals surface area contributed by atoms with E-state index in [1.807, 2.05) is 50.6 Å². The van der Waals surface area contributed by atoms with Crippen molar-refractivity contribution >= 4 is 34.3 Å². The molecule has 0 radical (unpaired) electrons. The Labute approximate surface area is 269 Å². The predicted octanol–water partition coefficient (Wildman–Crippen LogP) is 10.5. The molecule has 4 aromatic carbocycles. The number of furan rings is 2. The topological polar surface area (TPSA) is 41.6 Å². The molecule has 4 nitrogen and oxygen atoms in total. The second-order valence-electron chi connectivity index (χ2n) is 10.6. The minimum absolute atomic E-state index is 0. The Kier molecular flexibility index (Phi) is 12.8. The molecule has 6 aromatic rings. The molecular weight excluding hydrogens is 564 g/mol. The number of fused-ring (bicyclic) bond motifs is 2. The molecule has 0 amide bonds. The van der Waals surface area contributed by atoms with Crippen molar-refractivity contribution in [3.63, 3.8) is 0 Å². The van der Waals surface area contributed by atoms with Crippen LogP contribution in [0.5, 0.6) is 0 Å². The lowest BCUT2D eigenvalue weighted by atomic mass is 9.86. The van der Waals surface area contributed by atoms with Crippen molar-refractivity contribution < 1.29 is 8.83 Å². The van der Waals surface area contributed by atoms with Crippen LogP contribution in [0.3, 0.4) is 0 Å². The van der Waals surface area contributed by atoms with Crippen molar-refractivity contribution in [3.05, 3.63) is 144 Å². The zero-order chi connectivity index (χ0) is 28.0. The Balaban J connectivity index is 0.000000250. The maximum atomic E-state index is 5.75. The van der Waals surface area contributed by atoms with Gasteiger partial charge in [-0.15, -0.1) is 12.4 Å². The number of benzene rings is 4. The number of likely N-dealkylation sites (tertiary alicyclic amines) is 1. The third-order valence-corrected chi connectivity index (χ3v) is 8.19. The van der Waals surface area contributed by atoms with E-state index in [-0.39, 0.29) is 27.3 Å². The number of halogens is 1. The summed E-state index contributed by atoms with van der Waals surface area (Å²) in [6, 6.07) is 38.5. The van der Waals surface area contributed by atoms with Gasteiger partial charge in [0.15, 0.2) is 0 Å². The van der Waals surface area contributed by atoms with E-state index in [2.05, 4.69) is 95.1 Å². The fourth-order valence-electron chi connectivity index (χ4n) is 5.94. The van der Waals surface area contributed by atoms with E-state index in [1.54, 1.807) is 0 Å². The zero-order valence-electron chi connectivity index (χ0n) is 24.3. The molecule has 2 aromatic heterocycles. The molecular formula is C39H47ClN2O2. The second-order valence-corrected chi connectivity index (χ2v) is 10.6. The molecule has 0 saturated carbocycles. The monoisotopic (exact) mass is 610 g/mol. The van der Waals surface area contributed by atoms with Crippen molar-refractivity contribution in [1.29, 1.82) is 0 Å². The van der Waals surface area contributed by atoms with Crippen molar-refractivity contribution in [3.8, 4) is 0 Å². The van der Waals surface area contributed by atoms with E-state index in [0.717, 1.165) is 37.3 Å². The Morgan fingerprint density at radius 1 is 0.591 bits per heavy atom. The van der Waals surface area contributed by atoms with Gasteiger partial charge < -0.3 is 14.2 Å². The van der Waals surface area contributed by atoms with Gasteiger partial charge in [-0.1, -0.05) is 126 Å². The van der Waals surface area contributed by atoms with Crippen molar-refractivity contribution in [1.82, 2.24) is 10.2 Å². The van der Waals surface area contributed by atoms with E-state index >= 15 is 0 Å². The van der Waals surface area contributed by atoms with Gasteiger partial charge in [0, 0.05) is 59.9 Å². The van der Waals surface area contributed by atoms with Gasteiger partial charge in [0.2, 0.25) is 0 Å². The minimum Gasteiger partial charge on any atom is -0.464 e. The smallest absolute Gasteiger partial charge is 0.134 e. The average Bonchev–Trinajstić information content (AvgIpc) is 3.61. The van der Waals surface area contributed by atoms with E-state index in [0.29, 0.717) is 17.9 Å². The molecule has 0 aliphatic carbocycles. The average molecular weight is 611 g/mol. The molecule has 8 rings (SSSR count). The van der Waals surface area contributed by atoms with Crippen molar-refractivity contribution in [2.75, 3.05) is 26.2 Å². The van der Waals surface area contributed by atoms with E-state index in [1.165, 1.54) is 33.0 Å². The molecule has 2 saturated heterocycles. The standard InChI is InChI=1S/C24H21NO.C11H11NO.C2H6.2CH4.ClH/c1-3-9-18(10-4-1)24(19-11-5-2-6-12-19)25-15-20(16-25)22-17-26-23-14-8-7-13-21(22)23;1-2-4-11-9(3-1)10(7-13-11)8-5-12-6-8;1-2;;;/h1-14,17,20,24H,15-16H2;1-4,7-8,12H,5-6H2;1-2H3;2*1H4;1H. The first-order valence-electron chi connectivity index (χ1n) is 14.8. The summed E-state index contributed by atoms with van der Waals surface area (Å²) in [4.78, 5) is 2.57. The van der Waals surface area contributed by atoms with Crippen LogP contribution in [0, 0.1) is 0 Å². The van der Waals surface area contributed by atoms with E-state index < -0.39 is 0 Å². The summed E-state index contributed by atoms with van der Waals surface area (Å²) in [6.07, 6.45) is 3.85. The highest BCUT2D eigenvalue weighted by molar-refractivity contribution is 5.85. The molecule has 0 atom stereocenters. The summed E-state index contributed by atoms with van der Waals surface area (Å²) in [5, 5.41) is 5.80. The van der Waals surface area contributed by atoms with Crippen LogP contribution in [0.1, 0.15) is 68.8 Å². The number of rotatable bonds is 5. The SMILES string of the molecule is C.C.CC.Cl.c1ccc(C(c2ccccc2)N2CC(c3coc4ccccc34)C2)cc1.c1ccc2c(C3CNC3)coc2c1. The Hall–Kier alpha value is -3.83. The highest BCUT2D eigenvalue weighted by atomic mass is 35.5. The molecule has 2 aliphatic rings. The third kappa shape index (κ3) is 7.10.